The predicted octanol–water partition coefficient (Wildman–Crippen LogP) is 5.29. The van der Waals surface area contributed by atoms with Crippen LogP contribution in [0.5, 0.6) is 5.75 Å². The second kappa shape index (κ2) is 8.94. The molecule has 0 bridgehead atoms. The second-order valence-electron chi connectivity index (χ2n) is 6.70. The summed E-state index contributed by atoms with van der Waals surface area (Å²) >= 11 is 5.07. The van der Waals surface area contributed by atoms with E-state index in [0.717, 1.165) is 59.9 Å². The number of benzene rings is 1. The van der Waals surface area contributed by atoms with Crippen LogP contribution in [0, 0.1) is 0 Å². The minimum Gasteiger partial charge on any atom is -0.485 e. The van der Waals surface area contributed by atoms with E-state index in [1.165, 1.54) is 12.1 Å². The van der Waals surface area contributed by atoms with E-state index in [9.17, 15) is 13.2 Å². The van der Waals surface area contributed by atoms with Gasteiger partial charge in [-0.05, 0) is 59.4 Å². The van der Waals surface area contributed by atoms with Crippen molar-refractivity contribution in [3.05, 3.63) is 50.6 Å². The van der Waals surface area contributed by atoms with Crippen LogP contribution in [-0.2, 0) is 6.18 Å². The molecule has 3 nitrogen and oxygen atoms in total. The van der Waals surface area contributed by atoms with Crippen molar-refractivity contribution in [3.63, 3.8) is 0 Å². The van der Waals surface area contributed by atoms with Crippen molar-refractivity contribution in [2.45, 2.75) is 18.7 Å². The third-order valence-electron chi connectivity index (χ3n) is 4.67. The zero-order valence-electron chi connectivity index (χ0n) is 15.0. The maximum Gasteiger partial charge on any atom is 0.416 e. The molecule has 1 atom stereocenters. The van der Waals surface area contributed by atoms with E-state index >= 15 is 0 Å². The molecule has 2 heterocycles. The van der Waals surface area contributed by atoms with Gasteiger partial charge in [0, 0.05) is 44.0 Å². The fourth-order valence-corrected chi connectivity index (χ4v) is 4.51. The third-order valence-corrected chi connectivity index (χ3v) is 6.39. The van der Waals surface area contributed by atoms with E-state index in [0.29, 0.717) is 5.75 Å². The van der Waals surface area contributed by atoms with Crippen molar-refractivity contribution in [2.24, 2.45) is 0 Å². The molecule has 0 radical (unpaired) electrons. The molecule has 1 fully saturated rings. The number of hydrogen-bond donors (Lipinski definition) is 0. The Morgan fingerprint density at radius 1 is 1.07 bits per heavy atom. The fraction of sp³-hybridized carbons (Fsp3) is 0.474. The summed E-state index contributed by atoms with van der Waals surface area (Å²) in [4.78, 5) is 5.78. The molecule has 1 aliphatic heterocycles. The van der Waals surface area contributed by atoms with E-state index in [4.69, 9.17) is 4.74 Å². The van der Waals surface area contributed by atoms with Crippen molar-refractivity contribution in [3.8, 4) is 5.75 Å². The molecule has 8 heteroatoms. The summed E-state index contributed by atoms with van der Waals surface area (Å²) in [6, 6.07) is 8.91. The number of hydrogen-bond acceptors (Lipinski definition) is 4. The molecule has 1 aliphatic rings. The summed E-state index contributed by atoms with van der Waals surface area (Å²) in [6.07, 6.45) is -3.73. The molecule has 0 spiro atoms. The molecule has 1 aromatic heterocycles. The van der Waals surface area contributed by atoms with Gasteiger partial charge < -0.3 is 14.5 Å². The number of halogens is 4. The lowest BCUT2D eigenvalue weighted by Crippen LogP contribution is -2.45. The summed E-state index contributed by atoms with van der Waals surface area (Å²) in [6.45, 7) is 5.05. The molecule has 3 rings (SSSR count). The highest BCUT2D eigenvalue weighted by molar-refractivity contribution is 9.11. The van der Waals surface area contributed by atoms with Gasteiger partial charge in [0.25, 0.3) is 0 Å². The lowest BCUT2D eigenvalue weighted by Gasteiger charge is -2.33. The largest absolute Gasteiger partial charge is 0.485 e. The van der Waals surface area contributed by atoms with E-state index < -0.39 is 11.7 Å². The number of thiophene rings is 1. The number of ether oxygens (including phenoxy) is 1. The highest BCUT2D eigenvalue weighted by Crippen LogP contribution is 2.34. The Morgan fingerprint density at radius 3 is 2.30 bits per heavy atom. The van der Waals surface area contributed by atoms with Gasteiger partial charge in [-0.3, -0.25) is 0 Å². The quantitative estimate of drug-likeness (QED) is 0.580. The molecule has 1 saturated heterocycles. The Bertz CT molecular complexity index is 727. The first-order chi connectivity index (χ1) is 12.8. The predicted molar refractivity (Wildman–Crippen MR) is 105 cm³/mol. The lowest BCUT2D eigenvalue weighted by molar-refractivity contribution is -0.137. The van der Waals surface area contributed by atoms with Crippen molar-refractivity contribution in [1.82, 2.24) is 9.80 Å². The van der Waals surface area contributed by atoms with Gasteiger partial charge in [-0.15, -0.1) is 11.3 Å². The molecular weight excluding hydrogens is 441 g/mol. The van der Waals surface area contributed by atoms with Crippen LogP contribution >= 0.6 is 27.3 Å². The number of alkyl halides is 3. The fourth-order valence-electron chi connectivity index (χ4n) is 3.02. The van der Waals surface area contributed by atoms with Gasteiger partial charge >= 0.3 is 6.18 Å². The average molecular weight is 463 g/mol. The smallest absolute Gasteiger partial charge is 0.416 e. The SMILES string of the molecule is CN1CCN(CCC(Oc2ccc(C(F)(F)F)cc2)c2ccc(Br)s2)CC1. The van der Waals surface area contributed by atoms with Crippen LogP contribution in [0.4, 0.5) is 13.2 Å². The minimum absolute atomic E-state index is 0.183. The Hall–Kier alpha value is -1.09. The van der Waals surface area contributed by atoms with E-state index in [1.807, 2.05) is 12.1 Å². The lowest BCUT2D eigenvalue weighted by atomic mass is 10.1. The highest BCUT2D eigenvalue weighted by atomic mass is 79.9. The molecular formula is C19H22BrF3N2OS. The van der Waals surface area contributed by atoms with Crippen LogP contribution in [0.1, 0.15) is 23.0 Å². The van der Waals surface area contributed by atoms with Crippen LogP contribution in [0.25, 0.3) is 0 Å². The molecule has 0 amide bonds. The summed E-state index contributed by atoms with van der Waals surface area (Å²) in [5, 5.41) is 0. The van der Waals surface area contributed by atoms with Gasteiger partial charge in [-0.1, -0.05) is 0 Å². The molecule has 1 unspecified atom stereocenters. The Labute approximate surface area is 169 Å². The van der Waals surface area contributed by atoms with Gasteiger partial charge in [-0.25, -0.2) is 0 Å². The summed E-state index contributed by atoms with van der Waals surface area (Å²) in [5.74, 6) is 0.455. The molecule has 27 heavy (non-hydrogen) atoms. The van der Waals surface area contributed by atoms with Gasteiger partial charge in [0.15, 0.2) is 0 Å². The van der Waals surface area contributed by atoms with Crippen molar-refractivity contribution in [2.75, 3.05) is 39.8 Å². The summed E-state index contributed by atoms with van der Waals surface area (Å²) in [5.41, 5.74) is -0.664. The van der Waals surface area contributed by atoms with Gasteiger partial charge in [0.1, 0.15) is 11.9 Å². The molecule has 0 N–H and O–H groups in total. The molecule has 0 saturated carbocycles. The standard InChI is InChI=1S/C19H22BrF3N2OS/c1-24-10-12-25(13-11-24)9-8-16(17-6-7-18(20)27-17)26-15-4-2-14(3-5-15)19(21,22)23/h2-7,16H,8-13H2,1H3. The number of piperazine rings is 1. The number of rotatable bonds is 6. The Balaban J connectivity index is 1.67. The monoisotopic (exact) mass is 462 g/mol. The van der Waals surface area contributed by atoms with Crippen molar-refractivity contribution in [1.29, 1.82) is 0 Å². The van der Waals surface area contributed by atoms with Crippen molar-refractivity contribution >= 4 is 27.3 Å². The van der Waals surface area contributed by atoms with Crippen LogP contribution in [-0.4, -0.2) is 49.6 Å². The third kappa shape index (κ3) is 5.94. The Kier molecular flexibility index (Phi) is 6.83. The molecule has 2 aromatic rings. The van der Waals surface area contributed by atoms with Crippen LogP contribution in [0.2, 0.25) is 0 Å². The van der Waals surface area contributed by atoms with Gasteiger partial charge in [0.2, 0.25) is 0 Å². The van der Waals surface area contributed by atoms with Crippen LogP contribution in [0.3, 0.4) is 0 Å². The summed E-state index contributed by atoms with van der Waals surface area (Å²) < 4.78 is 45.3. The molecule has 148 valence electrons. The van der Waals surface area contributed by atoms with Gasteiger partial charge in [0.05, 0.1) is 9.35 Å². The normalized spacial score (nSPS) is 17.8. The maximum absolute atomic E-state index is 12.8. The minimum atomic E-state index is -4.34. The Morgan fingerprint density at radius 2 is 1.74 bits per heavy atom. The van der Waals surface area contributed by atoms with E-state index in [1.54, 1.807) is 11.3 Å². The summed E-state index contributed by atoms with van der Waals surface area (Å²) in [7, 11) is 2.12. The zero-order valence-corrected chi connectivity index (χ0v) is 17.4. The first kappa shape index (κ1) is 20.6. The van der Waals surface area contributed by atoms with Crippen molar-refractivity contribution < 1.29 is 17.9 Å². The maximum atomic E-state index is 12.8. The molecule has 0 aliphatic carbocycles. The average Bonchev–Trinajstić information content (AvgIpc) is 3.06. The van der Waals surface area contributed by atoms with Gasteiger partial charge in [-0.2, -0.15) is 13.2 Å². The van der Waals surface area contributed by atoms with Crippen LogP contribution < -0.4 is 4.74 Å². The number of likely N-dealkylation sites (N-methyl/N-ethyl adjacent to an activating group) is 1. The molecule has 1 aromatic carbocycles. The zero-order chi connectivity index (χ0) is 19.4. The van der Waals surface area contributed by atoms with Crippen LogP contribution in [0.15, 0.2) is 40.2 Å². The highest BCUT2D eigenvalue weighted by Gasteiger charge is 2.30. The van der Waals surface area contributed by atoms with E-state index in [-0.39, 0.29) is 6.10 Å². The first-order valence-corrected chi connectivity index (χ1v) is 10.4. The second-order valence-corrected chi connectivity index (χ2v) is 9.20. The topological polar surface area (TPSA) is 15.7 Å². The van der Waals surface area contributed by atoms with E-state index in [2.05, 4.69) is 32.8 Å². The number of nitrogens with zero attached hydrogens (tertiary/aromatic N) is 2. The first-order valence-electron chi connectivity index (χ1n) is 8.81.